The van der Waals surface area contributed by atoms with Gasteiger partial charge >= 0.3 is 0 Å². The highest BCUT2D eigenvalue weighted by Crippen LogP contribution is 2.52. The predicted octanol–water partition coefficient (Wildman–Crippen LogP) is 2.69. The SMILES string of the molecule is C[C@H]1CC2C[C@@H](C)C2C1. The number of hydrogen-bond acceptors (Lipinski definition) is 0. The normalized spacial score (nSPS) is 56.7. The molecular weight excluding hydrogens is 108 g/mol. The van der Waals surface area contributed by atoms with Crippen LogP contribution in [0.2, 0.25) is 0 Å². The molecule has 52 valence electrons. The zero-order chi connectivity index (χ0) is 6.43. The van der Waals surface area contributed by atoms with E-state index in [9.17, 15) is 0 Å². The summed E-state index contributed by atoms with van der Waals surface area (Å²) in [5.74, 6) is 4.40. The lowest BCUT2D eigenvalue weighted by atomic mass is 9.68. The summed E-state index contributed by atoms with van der Waals surface area (Å²) in [6.45, 7) is 4.82. The van der Waals surface area contributed by atoms with Crippen LogP contribution < -0.4 is 0 Å². The Labute approximate surface area is 57.6 Å². The van der Waals surface area contributed by atoms with E-state index >= 15 is 0 Å². The first-order chi connectivity index (χ1) is 4.27. The average Bonchev–Trinajstić information content (AvgIpc) is 2.08. The highest BCUT2D eigenvalue weighted by Gasteiger charge is 2.43. The first-order valence-corrected chi connectivity index (χ1v) is 4.27. The molecule has 0 bridgehead atoms. The second-order valence-electron chi connectivity index (χ2n) is 4.21. The number of fused-ring (bicyclic) bond motifs is 1. The number of rotatable bonds is 0. The van der Waals surface area contributed by atoms with Crippen LogP contribution in [0.3, 0.4) is 0 Å². The molecule has 2 aliphatic rings. The summed E-state index contributed by atoms with van der Waals surface area (Å²) in [6.07, 6.45) is 4.61. The van der Waals surface area contributed by atoms with Crippen LogP contribution in [-0.4, -0.2) is 0 Å². The molecule has 0 spiro atoms. The van der Waals surface area contributed by atoms with Crippen molar-refractivity contribution in [2.45, 2.75) is 33.1 Å². The zero-order valence-corrected chi connectivity index (χ0v) is 6.43. The van der Waals surface area contributed by atoms with E-state index in [1.165, 1.54) is 19.3 Å². The molecule has 0 aromatic heterocycles. The van der Waals surface area contributed by atoms with Gasteiger partial charge in [0.2, 0.25) is 0 Å². The van der Waals surface area contributed by atoms with Gasteiger partial charge in [0.25, 0.3) is 0 Å². The van der Waals surface area contributed by atoms with Crippen LogP contribution >= 0.6 is 0 Å². The smallest absolute Gasteiger partial charge is 0.0357 e. The molecule has 2 saturated carbocycles. The Morgan fingerprint density at radius 2 is 1.78 bits per heavy atom. The average molecular weight is 124 g/mol. The van der Waals surface area contributed by atoms with Gasteiger partial charge < -0.3 is 0 Å². The van der Waals surface area contributed by atoms with Gasteiger partial charge in [-0.1, -0.05) is 13.8 Å². The van der Waals surface area contributed by atoms with Crippen LogP contribution in [0.4, 0.5) is 0 Å². The largest absolute Gasteiger partial charge is 0.0625 e. The van der Waals surface area contributed by atoms with E-state index in [2.05, 4.69) is 13.8 Å². The molecule has 0 heterocycles. The van der Waals surface area contributed by atoms with Crippen molar-refractivity contribution in [1.29, 1.82) is 0 Å². The molecule has 0 amide bonds. The topological polar surface area (TPSA) is 0 Å². The molecule has 0 aliphatic heterocycles. The van der Waals surface area contributed by atoms with Crippen molar-refractivity contribution in [2.24, 2.45) is 23.7 Å². The van der Waals surface area contributed by atoms with Crippen LogP contribution in [0, 0.1) is 23.7 Å². The molecule has 2 rings (SSSR count). The minimum atomic E-state index is 1.05. The van der Waals surface area contributed by atoms with Crippen molar-refractivity contribution in [2.75, 3.05) is 0 Å². The maximum Gasteiger partial charge on any atom is -0.0357 e. The van der Waals surface area contributed by atoms with Crippen molar-refractivity contribution < 1.29 is 0 Å². The van der Waals surface area contributed by atoms with Gasteiger partial charge in [0.05, 0.1) is 0 Å². The summed E-state index contributed by atoms with van der Waals surface area (Å²) < 4.78 is 0. The fourth-order valence-electron chi connectivity index (χ4n) is 2.87. The quantitative estimate of drug-likeness (QED) is 0.465. The van der Waals surface area contributed by atoms with Gasteiger partial charge in [-0.25, -0.2) is 0 Å². The van der Waals surface area contributed by atoms with E-state index in [1.54, 1.807) is 0 Å². The fraction of sp³-hybridized carbons (Fsp3) is 1.00. The van der Waals surface area contributed by atoms with Gasteiger partial charge in [-0.05, 0) is 42.9 Å². The Morgan fingerprint density at radius 3 is 2.22 bits per heavy atom. The molecule has 0 nitrogen and oxygen atoms in total. The molecule has 0 aromatic carbocycles. The summed E-state index contributed by atoms with van der Waals surface area (Å²) >= 11 is 0. The van der Waals surface area contributed by atoms with Gasteiger partial charge in [0.1, 0.15) is 0 Å². The maximum atomic E-state index is 2.42. The molecule has 0 aromatic rings. The molecule has 0 heteroatoms. The lowest BCUT2D eigenvalue weighted by molar-refractivity contribution is 0.120. The summed E-state index contributed by atoms with van der Waals surface area (Å²) in [6, 6.07) is 0. The Balaban J connectivity index is 2.00. The van der Waals surface area contributed by atoms with Gasteiger partial charge in [-0.3, -0.25) is 0 Å². The summed E-state index contributed by atoms with van der Waals surface area (Å²) in [4.78, 5) is 0. The van der Waals surface area contributed by atoms with Crippen LogP contribution in [0.5, 0.6) is 0 Å². The van der Waals surface area contributed by atoms with Crippen molar-refractivity contribution >= 4 is 0 Å². The molecule has 0 N–H and O–H groups in total. The van der Waals surface area contributed by atoms with E-state index in [4.69, 9.17) is 0 Å². The molecule has 0 saturated heterocycles. The number of hydrogen-bond donors (Lipinski definition) is 0. The van der Waals surface area contributed by atoms with Gasteiger partial charge in [-0.15, -0.1) is 0 Å². The van der Waals surface area contributed by atoms with Crippen LogP contribution in [0.15, 0.2) is 0 Å². The van der Waals surface area contributed by atoms with E-state index in [1.807, 2.05) is 0 Å². The Bertz CT molecular complexity index is 117. The Morgan fingerprint density at radius 1 is 1.00 bits per heavy atom. The van der Waals surface area contributed by atoms with Crippen LogP contribution in [0.1, 0.15) is 33.1 Å². The van der Waals surface area contributed by atoms with E-state index in [0.717, 1.165) is 23.7 Å². The first-order valence-electron chi connectivity index (χ1n) is 4.27. The van der Waals surface area contributed by atoms with Crippen molar-refractivity contribution in [3.05, 3.63) is 0 Å². The second-order valence-corrected chi connectivity index (χ2v) is 4.21. The third-order valence-corrected chi connectivity index (χ3v) is 3.39. The maximum absolute atomic E-state index is 2.42. The zero-order valence-electron chi connectivity index (χ0n) is 6.43. The molecular formula is C9H16. The van der Waals surface area contributed by atoms with Crippen LogP contribution in [0.25, 0.3) is 0 Å². The minimum Gasteiger partial charge on any atom is -0.0625 e. The summed E-state index contributed by atoms with van der Waals surface area (Å²) in [7, 11) is 0. The molecule has 9 heavy (non-hydrogen) atoms. The van der Waals surface area contributed by atoms with Crippen molar-refractivity contribution in [3.8, 4) is 0 Å². The molecule has 2 fully saturated rings. The van der Waals surface area contributed by atoms with E-state index in [-0.39, 0.29) is 0 Å². The standard InChI is InChI=1S/C9H16/c1-6-3-8-5-7(2)9(8)4-6/h6-9H,3-5H2,1-2H3/t6-,7+,8?,9?/m0/s1. The molecule has 0 radical (unpaired) electrons. The Kier molecular flexibility index (Phi) is 1.12. The van der Waals surface area contributed by atoms with Crippen molar-refractivity contribution in [3.63, 3.8) is 0 Å². The lowest BCUT2D eigenvalue weighted by Crippen LogP contribution is -2.29. The molecule has 4 atom stereocenters. The van der Waals surface area contributed by atoms with E-state index in [0.29, 0.717) is 0 Å². The summed E-state index contributed by atoms with van der Waals surface area (Å²) in [5, 5.41) is 0. The van der Waals surface area contributed by atoms with Crippen molar-refractivity contribution in [1.82, 2.24) is 0 Å². The Hall–Kier alpha value is 0. The van der Waals surface area contributed by atoms with Crippen LogP contribution in [-0.2, 0) is 0 Å². The molecule has 2 aliphatic carbocycles. The third-order valence-electron chi connectivity index (χ3n) is 3.39. The minimum absolute atomic E-state index is 1.05. The predicted molar refractivity (Wildman–Crippen MR) is 39.2 cm³/mol. The van der Waals surface area contributed by atoms with Gasteiger partial charge in [0.15, 0.2) is 0 Å². The van der Waals surface area contributed by atoms with Gasteiger partial charge in [-0.2, -0.15) is 0 Å². The third kappa shape index (κ3) is 0.720. The lowest BCUT2D eigenvalue weighted by Gasteiger charge is -2.37. The van der Waals surface area contributed by atoms with Gasteiger partial charge in [0, 0.05) is 0 Å². The molecule has 2 unspecified atom stereocenters. The van der Waals surface area contributed by atoms with E-state index < -0.39 is 0 Å². The fourth-order valence-corrected chi connectivity index (χ4v) is 2.87. The highest BCUT2D eigenvalue weighted by atomic mass is 14.5. The monoisotopic (exact) mass is 124 g/mol. The second kappa shape index (κ2) is 1.74. The first kappa shape index (κ1) is 5.76. The summed E-state index contributed by atoms with van der Waals surface area (Å²) in [5.41, 5.74) is 0. The highest BCUT2D eigenvalue weighted by molar-refractivity contribution is 4.93.